The monoisotopic (exact) mass is 552 g/mol. The van der Waals surface area contributed by atoms with Crippen LogP contribution in [0.25, 0.3) is 11.1 Å². The lowest BCUT2D eigenvalue weighted by Gasteiger charge is -2.32. The van der Waals surface area contributed by atoms with Gasteiger partial charge in [-0.2, -0.15) is 26.3 Å². The molecule has 12 heteroatoms. The number of alkyl halides is 6. The lowest BCUT2D eigenvalue weighted by atomic mass is 9.96. The zero-order chi connectivity index (χ0) is 28.4. The van der Waals surface area contributed by atoms with Gasteiger partial charge in [-0.05, 0) is 59.2 Å². The second kappa shape index (κ2) is 10.9. The highest BCUT2D eigenvalue weighted by Gasteiger charge is 2.39. The van der Waals surface area contributed by atoms with E-state index in [0.717, 1.165) is 11.2 Å². The van der Waals surface area contributed by atoms with Crippen molar-refractivity contribution in [1.82, 2.24) is 9.88 Å². The second-order valence-electron chi connectivity index (χ2n) is 8.46. The fourth-order valence-electron chi connectivity index (χ4n) is 4.10. The highest BCUT2D eigenvalue weighted by atomic mass is 19.4. The summed E-state index contributed by atoms with van der Waals surface area (Å²) in [5, 5.41) is 10.2. The molecule has 0 fully saturated rings. The van der Waals surface area contributed by atoms with Crippen LogP contribution in [0.3, 0.4) is 0 Å². The third-order valence-corrected chi connectivity index (χ3v) is 5.95. The molecule has 39 heavy (non-hydrogen) atoms. The molecule has 1 amide bonds. The number of aliphatic hydroxyl groups is 1. The molecule has 0 spiro atoms. The Morgan fingerprint density at radius 3 is 2.15 bits per heavy atom. The van der Waals surface area contributed by atoms with Gasteiger partial charge in [0.25, 0.3) is 5.91 Å². The maximum atomic E-state index is 14.6. The fraction of sp³-hybridized carbons (Fsp3) is 0.185. The minimum Gasteiger partial charge on any atom is -0.459 e. The van der Waals surface area contributed by atoms with Crippen LogP contribution in [0.4, 0.5) is 30.7 Å². The topological polar surface area (TPSA) is 66.6 Å². The Balaban J connectivity index is 1.87. The first-order valence-electron chi connectivity index (χ1n) is 11.3. The molecule has 0 saturated heterocycles. The molecule has 2 aromatic heterocycles. The normalized spacial score (nSPS) is 12.8. The van der Waals surface area contributed by atoms with Crippen LogP contribution in [0.2, 0.25) is 0 Å². The first-order chi connectivity index (χ1) is 18.4. The average molecular weight is 552 g/mol. The van der Waals surface area contributed by atoms with E-state index in [1.165, 1.54) is 48.8 Å². The molecule has 0 bridgehead atoms. The molecule has 204 valence electrons. The third-order valence-electron chi connectivity index (χ3n) is 5.95. The number of carbonyl (C=O) groups excluding carboxylic acids is 1. The van der Waals surface area contributed by atoms with Gasteiger partial charge in [-0.3, -0.25) is 9.78 Å². The van der Waals surface area contributed by atoms with Crippen molar-refractivity contribution in [3.8, 4) is 11.1 Å². The standard InChI is InChI=1S/C27H19F7N2O3/c28-22-5-2-1-4-21(22)20-7-8-35-13-17(20)14-36(25(38)24-6-3-9-39-24)23(15-37)16-10-18(26(29,30)31)12-19(11-16)27(32,33)34/h1-13,23,37H,14-15H2. The van der Waals surface area contributed by atoms with Crippen molar-refractivity contribution in [2.75, 3.05) is 6.61 Å². The number of rotatable bonds is 7. The lowest BCUT2D eigenvalue weighted by molar-refractivity contribution is -0.143. The number of hydrogen-bond acceptors (Lipinski definition) is 4. The number of nitrogens with zero attached hydrogens (tertiary/aromatic N) is 2. The van der Waals surface area contributed by atoms with E-state index in [4.69, 9.17) is 4.42 Å². The van der Waals surface area contributed by atoms with Crippen LogP contribution in [0.15, 0.2) is 83.7 Å². The third kappa shape index (κ3) is 6.11. The summed E-state index contributed by atoms with van der Waals surface area (Å²) in [4.78, 5) is 18.3. The molecular formula is C27H19F7N2O3. The van der Waals surface area contributed by atoms with Gasteiger partial charge in [0.15, 0.2) is 5.76 Å². The summed E-state index contributed by atoms with van der Waals surface area (Å²) in [6.45, 7) is -1.51. The second-order valence-corrected chi connectivity index (χ2v) is 8.46. The van der Waals surface area contributed by atoms with Crippen molar-refractivity contribution in [2.24, 2.45) is 0 Å². The first kappa shape index (κ1) is 27.8. The summed E-state index contributed by atoms with van der Waals surface area (Å²) in [6, 6.07) is 8.89. The van der Waals surface area contributed by atoms with Crippen LogP contribution in [0.5, 0.6) is 0 Å². The van der Waals surface area contributed by atoms with E-state index in [-0.39, 0.29) is 28.5 Å². The summed E-state index contributed by atoms with van der Waals surface area (Å²) in [5.74, 6) is -1.83. The van der Waals surface area contributed by atoms with E-state index >= 15 is 0 Å². The van der Waals surface area contributed by atoms with Gasteiger partial charge < -0.3 is 14.4 Å². The summed E-state index contributed by atoms with van der Waals surface area (Å²) >= 11 is 0. The van der Waals surface area contributed by atoms with Crippen molar-refractivity contribution >= 4 is 5.91 Å². The maximum Gasteiger partial charge on any atom is 0.416 e. The molecule has 1 atom stereocenters. The Morgan fingerprint density at radius 2 is 1.59 bits per heavy atom. The predicted molar refractivity (Wildman–Crippen MR) is 124 cm³/mol. The molecule has 5 nitrogen and oxygen atoms in total. The van der Waals surface area contributed by atoms with Crippen molar-refractivity contribution in [3.63, 3.8) is 0 Å². The zero-order valence-electron chi connectivity index (χ0n) is 19.8. The molecular weight excluding hydrogens is 533 g/mol. The van der Waals surface area contributed by atoms with Crippen molar-refractivity contribution in [1.29, 1.82) is 0 Å². The molecule has 2 heterocycles. The van der Waals surface area contributed by atoms with E-state index in [1.807, 2.05) is 0 Å². The van der Waals surface area contributed by atoms with Gasteiger partial charge in [0.2, 0.25) is 0 Å². The SMILES string of the molecule is O=C(c1ccco1)N(Cc1cnccc1-c1ccccc1F)C(CO)c1cc(C(F)(F)F)cc(C(F)(F)F)c1. The van der Waals surface area contributed by atoms with Crippen LogP contribution in [0.1, 0.15) is 38.9 Å². The number of pyridine rings is 1. The maximum absolute atomic E-state index is 14.6. The van der Waals surface area contributed by atoms with Gasteiger partial charge in [-0.15, -0.1) is 0 Å². The van der Waals surface area contributed by atoms with Crippen LogP contribution in [-0.4, -0.2) is 27.5 Å². The van der Waals surface area contributed by atoms with E-state index < -0.39 is 60.0 Å². The van der Waals surface area contributed by atoms with Crippen molar-refractivity contribution in [3.05, 3.63) is 113 Å². The van der Waals surface area contributed by atoms with Crippen LogP contribution in [0, 0.1) is 5.82 Å². The molecule has 0 aliphatic rings. The number of hydrogen-bond donors (Lipinski definition) is 1. The largest absolute Gasteiger partial charge is 0.459 e. The van der Waals surface area contributed by atoms with E-state index in [1.54, 1.807) is 6.07 Å². The minimum atomic E-state index is -5.15. The van der Waals surface area contributed by atoms with E-state index in [0.29, 0.717) is 12.1 Å². The highest BCUT2D eigenvalue weighted by Crippen LogP contribution is 2.39. The fourth-order valence-corrected chi connectivity index (χ4v) is 4.10. The van der Waals surface area contributed by atoms with Gasteiger partial charge in [0.1, 0.15) is 5.82 Å². The van der Waals surface area contributed by atoms with Crippen LogP contribution in [-0.2, 0) is 18.9 Å². The molecule has 4 aromatic rings. The van der Waals surface area contributed by atoms with Crippen molar-refractivity contribution in [2.45, 2.75) is 24.9 Å². The first-order valence-corrected chi connectivity index (χ1v) is 11.3. The number of furan rings is 1. The molecule has 0 aliphatic heterocycles. The number of aromatic nitrogens is 1. The number of aliphatic hydroxyl groups excluding tert-OH is 1. The number of amides is 1. The molecule has 4 rings (SSSR count). The van der Waals surface area contributed by atoms with Gasteiger partial charge in [0.05, 0.1) is 30.0 Å². The quantitative estimate of drug-likeness (QED) is 0.254. The summed E-state index contributed by atoms with van der Waals surface area (Å²) in [5.41, 5.74) is -3.22. The Kier molecular flexibility index (Phi) is 7.77. The highest BCUT2D eigenvalue weighted by molar-refractivity contribution is 5.92. The number of halogens is 7. The Labute approximate surface area is 217 Å². The Morgan fingerprint density at radius 1 is 0.923 bits per heavy atom. The van der Waals surface area contributed by atoms with Crippen LogP contribution < -0.4 is 0 Å². The Hall–Kier alpha value is -4.19. The molecule has 1 unspecified atom stereocenters. The van der Waals surface area contributed by atoms with Crippen molar-refractivity contribution < 1.29 is 45.1 Å². The summed E-state index contributed by atoms with van der Waals surface area (Å²) < 4.78 is 101. The number of carbonyl (C=O) groups is 1. The Bertz CT molecular complexity index is 1420. The van der Waals surface area contributed by atoms with E-state index in [9.17, 15) is 40.6 Å². The summed E-state index contributed by atoms with van der Waals surface area (Å²) in [6.07, 6.45) is -6.50. The summed E-state index contributed by atoms with van der Waals surface area (Å²) in [7, 11) is 0. The zero-order valence-corrected chi connectivity index (χ0v) is 19.8. The molecule has 0 aliphatic carbocycles. The average Bonchev–Trinajstić information content (AvgIpc) is 3.43. The van der Waals surface area contributed by atoms with Gasteiger partial charge >= 0.3 is 12.4 Å². The number of benzene rings is 2. The lowest BCUT2D eigenvalue weighted by Crippen LogP contribution is -2.36. The smallest absolute Gasteiger partial charge is 0.416 e. The molecule has 0 saturated carbocycles. The molecule has 1 N–H and O–H groups in total. The van der Waals surface area contributed by atoms with Crippen LogP contribution >= 0.6 is 0 Å². The van der Waals surface area contributed by atoms with E-state index in [2.05, 4.69) is 4.98 Å². The van der Waals surface area contributed by atoms with Gasteiger partial charge in [0, 0.05) is 24.5 Å². The van der Waals surface area contributed by atoms with Gasteiger partial charge in [-0.25, -0.2) is 4.39 Å². The molecule has 0 radical (unpaired) electrons. The molecule has 2 aromatic carbocycles. The van der Waals surface area contributed by atoms with Gasteiger partial charge in [-0.1, -0.05) is 18.2 Å². The predicted octanol–water partition coefficient (Wildman–Crippen LogP) is 6.89. The minimum absolute atomic E-state index is 0.0476.